The molecule has 0 aliphatic heterocycles. The number of rotatable bonds is 8. The first-order valence-electron chi connectivity index (χ1n) is 6.70. The molecule has 9 heteroatoms. The molecule has 0 aromatic heterocycles. The maximum Gasteiger partial charge on any atom is 0.342 e. The van der Waals surface area contributed by atoms with Crippen molar-refractivity contribution in [3.05, 3.63) is 33.9 Å². The van der Waals surface area contributed by atoms with Crippen LogP contribution in [-0.2, 0) is 14.3 Å². The summed E-state index contributed by atoms with van der Waals surface area (Å²) in [6.07, 6.45) is -1.07. The summed E-state index contributed by atoms with van der Waals surface area (Å²) >= 11 is 0. The molecule has 0 unspecified atom stereocenters. The second kappa shape index (κ2) is 8.69. The first-order valence-corrected chi connectivity index (χ1v) is 6.70. The third-order valence-corrected chi connectivity index (χ3v) is 2.87. The van der Waals surface area contributed by atoms with Crippen LogP contribution in [0.25, 0.3) is 0 Å². The third kappa shape index (κ3) is 5.22. The minimum Gasteiger partial charge on any atom is -0.496 e. The van der Waals surface area contributed by atoms with Crippen molar-refractivity contribution in [2.45, 2.75) is 13.0 Å². The maximum atomic E-state index is 12.1. The number of ether oxygens (including phenoxy) is 3. The van der Waals surface area contributed by atoms with E-state index in [1.54, 1.807) is 0 Å². The smallest absolute Gasteiger partial charge is 0.342 e. The molecule has 0 heterocycles. The quantitative estimate of drug-likeness (QED) is 0.326. The molecule has 0 spiro atoms. The number of hydrogen-bond donors (Lipinski definition) is 1. The van der Waals surface area contributed by atoms with Gasteiger partial charge in [-0.2, -0.15) is 0 Å². The van der Waals surface area contributed by atoms with E-state index >= 15 is 0 Å². The van der Waals surface area contributed by atoms with Gasteiger partial charge in [0.2, 0.25) is 0 Å². The van der Waals surface area contributed by atoms with Gasteiger partial charge in [0.1, 0.15) is 11.3 Å². The van der Waals surface area contributed by atoms with E-state index in [4.69, 9.17) is 14.2 Å². The lowest BCUT2D eigenvalue weighted by atomic mass is 10.1. The van der Waals surface area contributed by atoms with E-state index in [0.717, 1.165) is 6.07 Å². The zero-order valence-electron chi connectivity index (χ0n) is 13.0. The molecule has 1 amide bonds. The van der Waals surface area contributed by atoms with Crippen molar-refractivity contribution in [2.24, 2.45) is 0 Å². The molecule has 0 saturated heterocycles. The van der Waals surface area contributed by atoms with Gasteiger partial charge in [0.05, 0.1) is 18.6 Å². The number of nitro benzene ring substituents is 1. The molecule has 126 valence electrons. The van der Waals surface area contributed by atoms with E-state index in [1.165, 1.54) is 33.3 Å². The number of non-ortho nitro benzene ring substituents is 1. The Kier molecular flexibility index (Phi) is 6.94. The average molecular weight is 326 g/mol. The highest BCUT2D eigenvalue weighted by Crippen LogP contribution is 2.25. The monoisotopic (exact) mass is 326 g/mol. The summed E-state index contributed by atoms with van der Waals surface area (Å²) in [6.45, 7) is 1.99. The average Bonchev–Trinajstić information content (AvgIpc) is 2.53. The second-order valence-electron chi connectivity index (χ2n) is 4.47. The summed E-state index contributed by atoms with van der Waals surface area (Å²) < 4.78 is 14.8. The Morgan fingerprint density at radius 2 is 2.04 bits per heavy atom. The van der Waals surface area contributed by atoms with Crippen LogP contribution in [0.4, 0.5) is 5.69 Å². The van der Waals surface area contributed by atoms with Crippen LogP contribution in [-0.4, -0.2) is 50.3 Å². The molecule has 0 fully saturated rings. The molecule has 1 N–H and O–H groups in total. The van der Waals surface area contributed by atoms with Gasteiger partial charge >= 0.3 is 5.97 Å². The number of carbonyl (C=O) groups is 2. The predicted octanol–water partition coefficient (Wildman–Crippen LogP) is 0.911. The van der Waals surface area contributed by atoms with Gasteiger partial charge in [-0.15, -0.1) is 0 Å². The zero-order valence-corrected chi connectivity index (χ0v) is 13.0. The van der Waals surface area contributed by atoms with Gasteiger partial charge in [0.25, 0.3) is 11.6 Å². The Labute approximate surface area is 132 Å². The number of carbonyl (C=O) groups excluding carboxylic acids is 2. The van der Waals surface area contributed by atoms with Crippen LogP contribution in [0.3, 0.4) is 0 Å². The lowest BCUT2D eigenvalue weighted by molar-refractivity contribution is -0.384. The van der Waals surface area contributed by atoms with Crippen LogP contribution in [0.1, 0.15) is 17.3 Å². The SMILES string of the molecule is COCCNC(=O)[C@@H](C)OC(=O)c1cc([N+](=O)[O-])ccc1OC. The van der Waals surface area contributed by atoms with Gasteiger partial charge in [-0.05, 0) is 13.0 Å². The fourth-order valence-electron chi connectivity index (χ4n) is 1.67. The van der Waals surface area contributed by atoms with Gasteiger partial charge < -0.3 is 19.5 Å². The highest BCUT2D eigenvalue weighted by atomic mass is 16.6. The number of esters is 1. The van der Waals surface area contributed by atoms with E-state index in [-0.39, 0.29) is 23.5 Å². The number of nitrogens with zero attached hydrogens (tertiary/aromatic N) is 1. The van der Waals surface area contributed by atoms with Gasteiger partial charge in [-0.3, -0.25) is 14.9 Å². The minimum absolute atomic E-state index is 0.118. The summed E-state index contributed by atoms with van der Waals surface area (Å²) in [5.41, 5.74) is -0.409. The Bertz CT molecular complexity index is 588. The molecule has 1 atom stereocenters. The highest BCUT2D eigenvalue weighted by molar-refractivity contribution is 5.95. The molecule has 1 rings (SSSR count). The Morgan fingerprint density at radius 1 is 1.35 bits per heavy atom. The second-order valence-corrected chi connectivity index (χ2v) is 4.47. The Morgan fingerprint density at radius 3 is 2.61 bits per heavy atom. The highest BCUT2D eigenvalue weighted by Gasteiger charge is 2.23. The van der Waals surface area contributed by atoms with Crippen LogP contribution in [0, 0.1) is 10.1 Å². The molecule has 0 aliphatic rings. The molecule has 0 bridgehead atoms. The van der Waals surface area contributed by atoms with Gasteiger partial charge in [0, 0.05) is 25.8 Å². The molecule has 0 aliphatic carbocycles. The lowest BCUT2D eigenvalue weighted by Gasteiger charge is -2.14. The zero-order chi connectivity index (χ0) is 17.4. The van der Waals surface area contributed by atoms with E-state index in [9.17, 15) is 19.7 Å². The number of nitrogens with one attached hydrogen (secondary N) is 1. The fraction of sp³-hybridized carbons (Fsp3) is 0.429. The number of methoxy groups -OCH3 is 2. The molecular formula is C14H18N2O7. The largest absolute Gasteiger partial charge is 0.496 e. The van der Waals surface area contributed by atoms with Crippen LogP contribution >= 0.6 is 0 Å². The summed E-state index contributed by atoms with van der Waals surface area (Å²) in [6, 6.07) is 3.53. The molecule has 1 aromatic carbocycles. The minimum atomic E-state index is -1.07. The number of hydrogen-bond acceptors (Lipinski definition) is 7. The summed E-state index contributed by atoms with van der Waals surface area (Å²) in [4.78, 5) is 34.0. The molecule has 0 radical (unpaired) electrons. The molecule has 9 nitrogen and oxygen atoms in total. The van der Waals surface area contributed by atoms with E-state index < -0.39 is 22.9 Å². The van der Waals surface area contributed by atoms with Gasteiger partial charge in [0.15, 0.2) is 6.10 Å². The van der Waals surface area contributed by atoms with Gasteiger partial charge in [-0.25, -0.2) is 4.79 Å². The van der Waals surface area contributed by atoms with Crippen LogP contribution in [0.5, 0.6) is 5.75 Å². The van der Waals surface area contributed by atoms with E-state index in [2.05, 4.69) is 5.32 Å². The predicted molar refractivity (Wildman–Crippen MR) is 79.4 cm³/mol. The van der Waals surface area contributed by atoms with Crippen LogP contribution in [0.15, 0.2) is 18.2 Å². The number of nitro groups is 1. The summed E-state index contributed by atoms with van der Waals surface area (Å²) in [5.74, 6) is -1.27. The fourth-order valence-corrected chi connectivity index (χ4v) is 1.67. The lowest BCUT2D eigenvalue weighted by Crippen LogP contribution is -2.37. The van der Waals surface area contributed by atoms with Gasteiger partial charge in [-0.1, -0.05) is 0 Å². The van der Waals surface area contributed by atoms with Crippen molar-refractivity contribution in [3.8, 4) is 5.75 Å². The van der Waals surface area contributed by atoms with E-state index in [1.807, 2.05) is 0 Å². The van der Waals surface area contributed by atoms with E-state index in [0.29, 0.717) is 6.61 Å². The van der Waals surface area contributed by atoms with Crippen molar-refractivity contribution >= 4 is 17.6 Å². The number of benzene rings is 1. The molecular weight excluding hydrogens is 308 g/mol. The maximum absolute atomic E-state index is 12.1. The van der Waals surface area contributed by atoms with Crippen molar-refractivity contribution in [2.75, 3.05) is 27.4 Å². The number of amides is 1. The normalized spacial score (nSPS) is 11.4. The van der Waals surface area contributed by atoms with Crippen molar-refractivity contribution in [1.82, 2.24) is 5.32 Å². The Hall–Kier alpha value is -2.68. The first-order chi connectivity index (χ1) is 10.9. The summed E-state index contributed by atoms with van der Waals surface area (Å²) in [7, 11) is 2.81. The van der Waals surface area contributed by atoms with Crippen LogP contribution in [0.2, 0.25) is 0 Å². The Balaban J connectivity index is 2.82. The third-order valence-electron chi connectivity index (χ3n) is 2.87. The van der Waals surface area contributed by atoms with Crippen molar-refractivity contribution in [3.63, 3.8) is 0 Å². The summed E-state index contributed by atoms with van der Waals surface area (Å²) in [5, 5.41) is 13.3. The van der Waals surface area contributed by atoms with Crippen molar-refractivity contribution < 1.29 is 28.7 Å². The van der Waals surface area contributed by atoms with Crippen LogP contribution < -0.4 is 10.1 Å². The molecule has 23 heavy (non-hydrogen) atoms. The standard InChI is InChI=1S/C14H18N2O7/c1-9(13(17)15-6-7-21-2)23-14(18)11-8-10(16(19)20)4-5-12(11)22-3/h4-5,8-9H,6-7H2,1-3H3,(H,15,17)/t9-/m1/s1. The molecule has 1 aromatic rings. The first kappa shape index (κ1) is 18.4. The topological polar surface area (TPSA) is 117 Å². The molecule has 0 saturated carbocycles. The van der Waals surface area contributed by atoms with Crippen molar-refractivity contribution in [1.29, 1.82) is 0 Å².